The number of fused-ring (bicyclic) bond motifs is 1. The van der Waals surface area contributed by atoms with Gasteiger partial charge in [0, 0.05) is 57.1 Å². The Morgan fingerprint density at radius 1 is 1.22 bits per heavy atom. The number of ether oxygens (including phenoxy) is 1. The summed E-state index contributed by atoms with van der Waals surface area (Å²) in [5, 5.41) is 8.37. The minimum atomic E-state index is -0.492. The van der Waals surface area contributed by atoms with Crippen LogP contribution in [0.1, 0.15) is 81.5 Å². The standard InChI is InChI=1S/C24H41N5O3/c1-6-13-29-20-11-10-18(25-12-16-27(5)23(31)32-24(2,3)4)17-19(20)21(26-29)22(30)28-14-8-7-9-15-28/h18,25H,6-17H2,1-5H3. The molecule has 0 saturated carbocycles. The molecular formula is C24H41N5O3. The van der Waals surface area contributed by atoms with E-state index < -0.39 is 5.60 Å². The topological polar surface area (TPSA) is 79.7 Å². The second kappa shape index (κ2) is 10.7. The Morgan fingerprint density at radius 2 is 1.94 bits per heavy atom. The molecule has 0 radical (unpaired) electrons. The molecule has 1 aliphatic carbocycles. The van der Waals surface area contributed by atoms with E-state index in [0.29, 0.717) is 18.8 Å². The molecule has 2 aliphatic rings. The third-order valence-corrected chi connectivity index (χ3v) is 6.21. The van der Waals surface area contributed by atoms with E-state index in [4.69, 9.17) is 9.84 Å². The summed E-state index contributed by atoms with van der Waals surface area (Å²) in [6.45, 7) is 11.6. The number of piperidine rings is 1. The summed E-state index contributed by atoms with van der Waals surface area (Å²) >= 11 is 0. The summed E-state index contributed by atoms with van der Waals surface area (Å²) in [6, 6.07) is 0.279. The van der Waals surface area contributed by atoms with E-state index in [1.54, 1.807) is 11.9 Å². The Balaban J connectivity index is 1.62. The summed E-state index contributed by atoms with van der Waals surface area (Å²) < 4.78 is 7.49. The fourth-order valence-corrected chi connectivity index (χ4v) is 4.54. The number of aryl methyl sites for hydroxylation is 1. The van der Waals surface area contributed by atoms with E-state index >= 15 is 0 Å². The number of rotatable bonds is 7. The van der Waals surface area contributed by atoms with Crippen molar-refractivity contribution in [3.05, 3.63) is 17.0 Å². The molecule has 0 bridgehead atoms. The average Bonchev–Trinajstić information content (AvgIpc) is 3.10. The number of likely N-dealkylation sites (N-methyl/N-ethyl adjacent to an activating group) is 1. The molecule has 2 heterocycles. The lowest BCUT2D eigenvalue weighted by Gasteiger charge is -2.28. The molecule has 1 aromatic rings. The summed E-state index contributed by atoms with van der Waals surface area (Å²) in [4.78, 5) is 29.0. The van der Waals surface area contributed by atoms with Crippen LogP contribution in [0.25, 0.3) is 0 Å². The van der Waals surface area contributed by atoms with Crippen LogP contribution in [0.2, 0.25) is 0 Å². The van der Waals surface area contributed by atoms with E-state index in [1.807, 2.05) is 25.7 Å². The van der Waals surface area contributed by atoms with Crippen LogP contribution in [0, 0.1) is 0 Å². The Labute approximate surface area is 192 Å². The van der Waals surface area contributed by atoms with Gasteiger partial charge in [-0.3, -0.25) is 9.48 Å². The van der Waals surface area contributed by atoms with Gasteiger partial charge in [-0.2, -0.15) is 5.10 Å². The molecule has 1 N–H and O–H groups in total. The van der Waals surface area contributed by atoms with Crippen LogP contribution in [0.5, 0.6) is 0 Å². The molecule has 1 aliphatic heterocycles. The fraction of sp³-hybridized carbons (Fsp3) is 0.792. The average molecular weight is 448 g/mol. The molecule has 180 valence electrons. The van der Waals surface area contributed by atoms with Crippen molar-refractivity contribution < 1.29 is 14.3 Å². The quantitative estimate of drug-likeness (QED) is 0.694. The minimum absolute atomic E-state index is 0.0983. The van der Waals surface area contributed by atoms with Crippen molar-refractivity contribution in [3.63, 3.8) is 0 Å². The molecule has 8 heteroatoms. The predicted octanol–water partition coefficient (Wildman–Crippen LogP) is 3.23. The van der Waals surface area contributed by atoms with Gasteiger partial charge in [0.05, 0.1) is 0 Å². The molecule has 2 amide bonds. The number of nitrogens with one attached hydrogen (secondary N) is 1. The van der Waals surface area contributed by atoms with Crippen molar-refractivity contribution in [2.45, 2.75) is 90.8 Å². The molecular weight excluding hydrogens is 406 g/mol. The number of carbonyl (C=O) groups is 2. The first kappa shape index (κ1) is 24.6. The molecule has 1 aromatic heterocycles. The third-order valence-electron chi connectivity index (χ3n) is 6.21. The number of hydrogen-bond acceptors (Lipinski definition) is 5. The normalized spacial score (nSPS) is 18.9. The van der Waals surface area contributed by atoms with Crippen LogP contribution in [-0.4, -0.2) is 76.5 Å². The molecule has 32 heavy (non-hydrogen) atoms. The lowest BCUT2D eigenvalue weighted by Crippen LogP contribution is -2.42. The number of nitrogens with zero attached hydrogens (tertiary/aromatic N) is 4. The third kappa shape index (κ3) is 6.24. The molecule has 3 rings (SSSR count). The van der Waals surface area contributed by atoms with Gasteiger partial charge in [0.2, 0.25) is 0 Å². The van der Waals surface area contributed by atoms with Gasteiger partial charge in [0.1, 0.15) is 5.60 Å². The highest BCUT2D eigenvalue weighted by Crippen LogP contribution is 2.27. The Bertz CT molecular complexity index is 792. The Hall–Kier alpha value is -2.09. The monoisotopic (exact) mass is 447 g/mol. The molecule has 1 atom stereocenters. The first-order valence-corrected chi connectivity index (χ1v) is 12.2. The first-order chi connectivity index (χ1) is 15.2. The second-order valence-electron chi connectivity index (χ2n) is 10.1. The van der Waals surface area contributed by atoms with Crippen LogP contribution < -0.4 is 5.32 Å². The highest BCUT2D eigenvalue weighted by atomic mass is 16.6. The smallest absolute Gasteiger partial charge is 0.410 e. The molecule has 1 unspecified atom stereocenters. The van der Waals surface area contributed by atoms with Gasteiger partial charge in [-0.1, -0.05) is 6.92 Å². The Morgan fingerprint density at radius 3 is 2.59 bits per heavy atom. The zero-order chi connectivity index (χ0) is 23.3. The highest BCUT2D eigenvalue weighted by molar-refractivity contribution is 5.94. The lowest BCUT2D eigenvalue weighted by molar-refractivity contribution is 0.0299. The van der Waals surface area contributed by atoms with Crippen molar-refractivity contribution in [1.82, 2.24) is 24.9 Å². The zero-order valence-electron chi connectivity index (χ0n) is 20.6. The summed E-state index contributed by atoms with van der Waals surface area (Å²) in [5.41, 5.74) is 2.52. The van der Waals surface area contributed by atoms with Gasteiger partial charge in [-0.05, 0) is 65.7 Å². The van der Waals surface area contributed by atoms with Gasteiger partial charge in [0.15, 0.2) is 5.69 Å². The molecule has 1 fully saturated rings. The van der Waals surface area contributed by atoms with E-state index in [1.165, 1.54) is 12.1 Å². The summed E-state index contributed by atoms with van der Waals surface area (Å²) in [6.07, 6.45) is 6.81. The van der Waals surface area contributed by atoms with Crippen molar-refractivity contribution >= 4 is 12.0 Å². The maximum Gasteiger partial charge on any atom is 0.410 e. The van der Waals surface area contributed by atoms with Crippen molar-refractivity contribution in [1.29, 1.82) is 0 Å². The molecule has 1 saturated heterocycles. The predicted molar refractivity (Wildman–Crippen MR) is 125 cm³/mol. The second-order valence-corrected chi connectivity index (χ2v) is 10.1. The number of aromatic nitrogens is 2. The Kier molecular flexibility index (Phi) is 8.20. The van der Waals surface area contributed by atoms with Gasteiger partial charge in [-0.15, -0.1) is 0 Å². The summed E-state index contributed by atoms with van der Waals surface area (Å²) in [7, 11) is 1.76. The van der Waals surface area contributed by atoms with Gasteiger partial charge >= 0.3 is 6.09 Å². The van der Waals surface area contributed by atoms with Crippen LogP contribution >= 0.6 is 0 Å². The SMILES string of the molecule is CCCn1nc(C(=O)N2CCCCC2)c2c1CCC(NCCN(C)C(=O)OC(C)(C)C)C2. The molecule has 8 nitrogen and oxygen atoms in total. The molecule has 0 spiro atoms. The van der Waals surface area contributed by atoms with Gasteiger partial charge < -0.3 is 19.9 Å². The van der Waals surface area contributed by atoms with Crippen molar-refractivity contribution in [2.24, 2.45) is 0 Å². The van der Waals surface area contributed by atoms with E-state index in [-0.39, 0.29) is 18.0 Å². The maximum atomic E-state index is 13.3. The highest BCUT2D eigenvalue weighted by Gasteiger charge is 2.31. The number of hydrogen-bond donors (Lipinski definition) is 1. The van der Waals surface area contributed by atoms with E-state index in [0.717, 1.165) is 63.7 Å². The largest absolute Gasteiger partial charge is 0.444 e. The van der Waals surface area contributed by atoms with E-state index in [9.17, 15) is 9.59 Å². The van der Waals surface area contributed by atoms with Crippen molar-refractivity contribution in [2.75, 3.05) is 33.2 Å². The van der Waals surface area contributed by atoms with Gasteiger partial charge in [0.25, 0.3) is 5.91 Å². The number of likely N-dealkylation sites (tertiary alicyclic amines) is 1. The van der Waals surface area contributed by atoms with Crippen LogP contribution in [-0.2, 0) is 24.1 Å². The maximum absolute atomic E-state index is 13.3. The molecule has 0 aromatic carbocycles. The zero-order valence-corrected chi connectivity index (χ0v) is 20.6. The number of amides is 2. The van der Waals surface area contributed by atoms with Crippen LogP contribution in [0.15, 0.2) is 0 Å². The lowest BCUT2D eigenvalue weighted by atomic mass is 9.91. The van der Waals surface area contributed by atoms with Gasteiger partial charge in [-0.25, -0.2) is 4.79 Å². The van der Waals surface area contributed by atoms with E-state index in [2.05, 4.69) is 16.9 Å². The fourth-order valence-electron chi connectivity index (χ4n) is 4.54. The van der Waals surface area contributed by atoms with Crippen molar-refractivity contribution in [3.8, 4) is 0 Å². The summed E-state index contributed by atoms with van der Waals surface area (Å²) in [5.74, 6) is 0.0983. The van der Waals surface area contributed by atoms with Crippen LogP contribution in [0.3, 0.4) is 0 Å². The van der Waals surface area contributed by atoms with Crippen LogP contribution in [0.4, 0.5) is 4.79 Å². The minimum Gasteiger partial charge on any atom is -0.444 e. The first-order valence-electron chi connectivity index (χ1n) is 12.2. The number of carbonyl (C=O) groups excluding carboxylic acids is 2.